The summed E-state index contributed by atoms with van der Waals surface area (Å²) < 4.78 is 21.1. The van der Waals surface area contributed by atoms with Gasteiger partial charge in [-0.3, -0.25) is 9.36 Å². The van der Waals surface area contributed by atoms with Gasteiger partial charge in [-0.25, -0.2) is 9.97 Å². The molecule has 0 radical (unpaired) electrons. The molecule has 3 N–H and O–H groups in total. The number of nitrogens with zero attached hydrogens (tertiary/aromatic N) is 3. The topological polar surface area (TPSA) is 186 Å². The van der Waals surface area contributed by atoms with E-state index in [0.717, 1.165) is 6.33 Å². The van der Waals surface area contributed by atoms with E-state index < -0.39 is 44.5 Å². The van der Waals surface area contributed by atoms with Gasteiger partial charge in [0.05, 0.1) is 27.1 Å². The predicted octanol–water partition coefficient (Wildman–Crippen LogP) is -9.41. The van der Waals surface area contributed by atoms with Crippen molar-refractivity contribution in [1.29, 1.82) is 0 Å². The molecule has 1 saturated heterocycles. The van der Waals surface area contributed by atoms with E-state index in [4.69, 9.17) is 4.74 Å². The molecular formula is C10H11Li2N4O8P. The standard InChI is InChI=1S/C10H13N4O8P.2Li/c15-6-4(1-21-23(18,19)20)22-10(7(6)16)14-3-13-5-8(14)11-2-12-9(5)17;;/h2-4,6-7,10,15-16H,1H2,(H,11,12,17)(H2,18,19,20);;/q;2*+1/p-2/t4-,6+,7?,10-;;/m1../s1/i11+1,12+1,13+1,14+1;;. The van der Waals surface area contributed by atoms with Crippen molar-refractivity contribution in [3.05, 3.63) is 23.0 Å². The first-order valence-electron chi connectivity index (χ1n) is 6.36. The molecule has 1 fully saturated rings. The van der Waals surface area contributed by atoms with Crippen LogP contribution in [0.2, 0.25) is 0 Å². The number of ether oxygens (including phenoxy) is 1. The summed E-state index contributed by atoms with van der Waals surface area (Å²) in [6.07, 6.45) is -3.11. The van der Waals surface area contributed by atoms with Crippen molar-refractivity contribution in [3.8, 4) is 0 Å². The van der Waals surface area contributed by atoms with Gasteiger partial charge in [0.2, 0.25) is 0 Å². The number of fused-ring (bicyclic) bond motifs is 1. The SMILES string of the molecule is O=c1[15nH]c[15n]c2c1[15n]c[15n]2[C@@H]1O[C@H](COP(=O)([O-])[O-])[C@H](O)C1O.[Li+].[Li+]. The van der Waals surface area contributed by atoms with Gasteiger partial charge in [-0.15, -0.1) is 0 Å². The smallest absolute Gasteiger partial charge is 0.790 e. The van der Waals surface area contributed by atoms with E-state index >= 15 is 0 Å². The van der Waals surface area contributed by atoms with Crippen LogP contribution in [-0.2, 0) is 13.8 Å². The largest absolute Gasteiger partial charge is 1.00 e. The molecule has 3 rings (SSSR count). The Bertz CT molecular complexity index is 825. The van der Waals surface area contributed by atoms with Crippen LogP contribution in [0.25, 0.3) is 11.2 Å². The molecule has 0 bridgehead atoms. The Kier molecular flexibility index (Phi) is 7.66. The van der Waals surface area contributed by atoms with Crippen LogP contribution in [0.1, 0.15) is 6.23 Å². The molecule has 2 aromatic heterocycles. The third kappa shape index (κ3) is 4.63. The maximum Gasteiger partial charge on any atom is 1.00 e. The minimum Gasteiger partial charge on any atom is -0.790 e. The molecule has 0 spiro atoms. The van der Waals surface area contributed by atoms with Gasteiger partial charge in [0.15, 0.2) is 17.4 Å². The summed E-state index contributed by atoms with van der Waals surface area (Å²) in [4.78, 5) is 42.6. The number of hydrogen-bond acceptors (Lipinski definition) is 10. The molecule has 1 aliphatic heterocycles. The van der Waals surface area contributed by atoms with Gasteiger partial charge in [0.25, 0.3) is 5.56 Å². The molecule has 0 amide bonds. The number of imidazole rings is 1. The zero-order chi connectivity index (χ0) is 16.8. The zero-order valence-electron chi connectivity index (χ0n) is 13.3. The summed E-state index contributed by atoms with van der Waals surface area (Å²) in [5, 5.41) is 19.9. The van der Waals surface area contributed by atoms with Crippen LogP contribution in [0.3, 0.4) is 0 Å². The fourth-order valence-electron chi connectivity index (χ4n) is 2.31. The molecule has 0 aliphatic carbocycles. The minimum absolute atomic E-state index is 0. The summed E-state index contributed by atoms with van der Waals surface area (Å²) in [7, 11) is -5.24. The Morgan fingerprint density at radius 3 is 2.64 bits per heavy atom. The molecule has 25 heavy (non-hydrogen) atoms. The van der Waals surface area contributed by atoms with Crippen LogP contribution in [0.4, 0.5) is 0 Å². The maximum atomic E-state index is 11.6. The van der Waals surface area contributed by atoms with Gasteiger partial charge in [-0.1, -0.05) is 0 Å². The molecule has 0 aromatic carbocycles. The van der Waals surface area contributed by atoms with Crippen molar-refractivity contribution in [1.82, 2.24) is 19.5 Å². The van der Waals surface area contributed by atoms with Gasteiger partial charge in [0.1, 0.15) is 18.3 Å². The van der Waals surface area contributed by atoms with Gasteiger partial charge < -0.3 is 38.8 Å². The second-order valence-corrected chi connectivity index (χ2v) is 6.00. The Hall–Kier alpha value is -0.465. The first-order chi connectivity index (χ1) is 10.8. The number of H-pyrrole nitrogens is 1. The maximum absolute atomic E-state index is 11.6. The average molecular weight is 364 g/mol. The number of aromatic nitrogens is 4. The van der Waals surface area contributed by atoms with Crippen LogP contribution in [0, 0.1) is 0 Å². The van der Waals surface area contributed by atoms with E-state index in [9.17, 15) is 29.4 Å². The first kappa shape index (κ1) is 22.6. The fraction of sp³-hybridized carbons (Fsp3) is 0.500. The summed E-state index contributed by atoms with van der Waals surface area (Å²) >= 11 is 0. The normalized spacial score (nSPS) is 26.2. The molecule has 1 unspecified atom stereocenters. The summed E-state index contributed by atoms with van der Waals surface area (Å²) in [6.45, 7) is -0.750. The molecule has 0 saturated carbocycles. The van der Waals surface area contributed by atoms with Gasteiger partial charge in [0, 0.05) is 0 Å². The second kappa shape index (κ2) is 8.48. The minimum atomic E-state index is -5.24. The van der Waals surface area contributed by atoms with Crippen molar-refractivity contribution < 1.29 is 71.5 Å². The molecular weight excluding hydrogens is 353 g/mol. The van der Waals surface area contributed by atoms with E-state index in [1.165, 1.54) is 10.9 Å². The Labute approximate surface area is 164 Å². The summed E-state index contributed by atoms with van der Waals surface area (Å²) in [5.74, 6) is 0. The van der Waals surface area contributed by atoms with Gasteiger partial charge in [-0.05, 0) is 0 Å². The number of phosphoric ester groups is 1. The van der Waals surface area contributed by atoms with E-state index in [0.29, 0.717) is 0 Å². The number of hydrogen-bond donors (Lipinski definition) is 3. The van der Waals surface area contributed by atoms with Crippen LogP contribution in [0.15, 0.2) is 17.4 Å². The second-order valence-electron chi connectivity index (χ2n) is 4.84. The molecule has 15 heteroatoms. The third-order valence-corrected chi connectivity index (χ3v) is 3.84. The van der Waals surface area contributed by atoms with Crippen LogP contribution in [0.5, 0.6) is 0 Å². The molecule has 3 heterocycles. The average Bonchev–Trinajstić information content (AvgIpc) is 3.01. The summed E-state index contributed by atoms with van der Waals surface area (Å²) in [5.41, 5.74) is -0.397. The van der Waals surface area contributed by atoms with Crippen LogP contribution < -0.4 is 53.1 Å². The van der Waals surface area contributed by atoms with E-state index in [2.05, 4.69) is 19.5 Å². The Balaban J connectivity index is 0.00000156. The predicted molar refractivity (Wildman–Crippen MR) is 67.6 cm³/mol. The quantitative estimate of drug-likeness (QED) is 0.347. The Morgan fingerprint density at radius 1 is 1.32 bits per heavy atom. The van der Waals surface area contributed by atoms with Gasteiger partial charge in [-0.2, -0.15) is 0 Å². The van der Waals surface area contributed by atoms with Crippen LogP contribution in [-0.4, -0.2) is 54.7 Å². The molecule has 12 nitrogen and oxygen atoms in total. The molecule has 2 aromatic rings. The van der Waals surface area contributed by atoms with Crippen molar-refractivity contribution in [2.45, 2.75) is 24.5 Å². The number of aromatic amines is 1. The fourth-order valence-corrected chi connectivity index (χ4v) is 2.64. The number of aliphatic hydroxyl groups excluding tert-OH is 2. The van der Waals surface area contributed by atoms with E-state index in [-0.39, 0.29) is 48.9 Å². The molecule has 126 valence electrons. The number of aliphatic hydroxyl groups is 2. The van der Waals surface area contributed by atoms with Gasteiger partial charge >= 0.3 is 37.7 Å². The number of phosphoric acid groups is 1. The van der Waals surface area contributed by atoms with Crippen molar-refractivity contribution in [2.24, 2.45) is 0 Å². The van der Waals surface area contributed by atoms with Crippen molar-refractivity contribution >= 4 is 19.0 Å². The van der Waals surface area contributed by atoms with E-state index in [1.807, 2.05) is 0 Å². The number of rotatable bonds is 4. The van der Waals surface area contributed by atoms with Crippen molar-refractivity contribution in [2.75, 3.05) is 6.61 Å². The zero-order valence-corrected chi connectivity index (χ0v) is 14.2. The van der Waals surface area contributed by atoms with Crippen molar-refractivity contribution in [3.63, 3.8) is 0 Å². The Morgan fingerprint density at radius 2 is 2.00 bits per heavy atom. The molecule has 1 aliphatic rings. The monoisotopic (exact) mass is 364 g/mol. The van der Waals surface area contributed by atoms with E-state index in [1.54, 1.807) is 0 Å². The first-order valence-corrected chi connectivity index (χ1v) is 7.82. The number of nitrogens with one attached hydrogen (secondary N) is 1. The summed E-state index contributed by atoms with van der Waals surface area (Å²) in [6, 6.07) is 0. The third-order valence-electron chi connectivity index (χ3n) is 3.37. The molecule has 4 atom stereocenters. The van der Waals surface area contributed by atoms with Crippen LogP contribution >= 0.6 is 7.82 Å².